The van der Waals surface area contributed by atoms with Crippen molar-refractivity contribution in [2.75, 3.05) is 18.9 Å². The largest absolute Gasteiger partial charge is 0.340 e. The van der Waals surface area contributed by atoms with Crippen LogP contribution in [0.15, 0.2) is 55.0 Å². The number of aryl methyl sites for hydroxylation is 2. The molecule has 0 fully saturated rings. The van der Waals surface area contributed by atoms with E-state index in [1.807, 2.05) is 44.2 Å². The highest BCUT2D eigenvalue weighted by atomic mass is 16.2. The summed E-state index contributed by atoms with van der Waals surface area (Å²) in [6.45, 7) is 4.65. The molecule has 0 aliphatic carbocycles. The number of anilines is 2. The number of carbonyl (C=O) groups is 1. The molecule has 0 radical (unpaired) electrons. The fourth-order valence-corrected chi connectivity index (χ4v) is 2.80. The van der Waals surface area contributed by atoms with E-state index >= 15 is 0 Å². The molecule has 0 spiro atoms. The predicted molar refractivity (Wildman–Crippen MR) is 106 cm³/mol. The van der Waals surface area contributed by atoms with Crippen molar-refractivity contribution in [1.82, 2.24) is 19.9 Å². The third kappa shape index (κ3) is 4.67. The fourth-order valence-electron chi connectivity index (χ4n) is 2.80. The van der Waals surface area contributed by atoms with E-state index in [2.05, 4.69) is 20.3 Å². The van der Waals surface area contributed by atoms with Gasteiger partial charge in [0.1, 0.15) is 5.69 Å². The van der Waals surface area contributed by atoms with Crippen molar-refractivity contribution < 1.29 is 4.79 Å². The van der Waals surface area contributed by atoms with Crippen LogP contribution in [0.1, 0.15) is 27.2 Å². The first-order valence-corrected chi connectivity index (χ1v) is 8.85. The molecule has 0 aliphatic rings. The number of benzene rings is 1. The first kappa shape index (κ1) is 18.5. The Morgan fingerprint density at radius 1 is 1.04 bits per heavy atom. The summed E-state index contributed by atoms with van der Waals surface area (Å²) in [5, 5.41) is 3.23. The van der Waals surface area contributed by atoms with Crippen molar-refractivity contribution in [2.24, 2.45) is 0 Å². The average molecular weight is 361 g/mol. The number of para-hydroxylation sites is 1. The zero-order valence-electron chi connectivity index (χ0n) is 15.8. The third-order valence-electron chi connectivity index (χ3n) is 4.42. The van der Waals surface area contributed by atoms with E-state index in [1.54, 1.807) is 36.6 Å². The van der Waals surface area contributed by atoms with Crippen LogP contribution in [0.3, 0.4) is 0 Å². The van der Waals surface area contributed by atoms with Gasteiger partial charge in [0.05, 0.1) is 0 Å². The van der Waals surface area contributed by atoms with Crippen molar-refractivity contribution in [1.29, 1.82) is 0 Å². The van der Waals surface area contributed by atoms with Gasteiger partial charge in [-0.05, 0) is 55.2 Å². The highest BCUT2D eigenvalue weighted by Crippen LogP contribution is 2.22. The van der Waals surface area contributed by atoms with E-state index in [0.29, 0.717) is 18.2 Å². The number of pyridine rings is 1. The van der Waals surface area contributed by atoms with Gasteiger partial charge in [0.25, 0.3) is 5.91 Å². The van der Waals surface area contributed by atoms with Crippen LogP contribution in [-0.2, 0) is 6.42 Å². The molecule has 2 aromatic heterocycles. The Morgan fingerprint density at radius 2 is 1.74 bits per heavy atom. The van der Waals surface area contributed by atoms with Crippen LogP contribution in [0.5, 0.6) is 0 Å². The minimum atomic E-state index is -0.129. The summed E-state index contributed by atoms with van der Waals surface area (Å²) in [6, 6.07) is 11.6. The molecule has 0 bridgehead atoms. The molecular formula is C21H23N5O. The maximum atomic E-state index is 12.7. The first-order chi connectivity index (χ1) is 13.0. The Labute approximate surface area is 159 Å². The smallest absolute Gasteiger partial charge is 0.272 e. The van der Waals surface area contributed by atoms with Gasteiger partial charge in [-0.15, -0.1) is 0 Å². The van der Waals surface area contributed by atoms with Crippen molar-refractivity contribution in [3.8, 4) is 0 Å². The molecule has 0 atom stereocenters. The number of carbonyl (C=O) groups excluding carboxylic acids is 1. The number of rotatable bonds is 6. The van der Waals surface area contributed by atoms with Gasteiger partial charge < -0.3 is 10.2 Å². The summed E-state index contributed by atoms with van der Waals surface area (Å²) < 4.78 is 0. The minimum absolute atomic E-state index is 0.129. The lowest BCUT2D eigenvalue weighted by molar-refractivity contribution is 0.0791. The van der Waals surface area contributed by atoms with Crippen LogP contribution in [0, 0.1) is 13.8 Å². The van der Waals surface area contributed by atoms with Crippen molar-refractivity contribution in [2.45, 2.75) is 20.3 Å². The first-order valence-electron chi connectivity index (χ1n) is 8.85. The molecule has 1 aromatic carbocycles. The molecule has 6 heteroatoms. The number of hydrogen-bond acceptors (Lipinski definition) is 5. The monoisotopic (exact) mass is 361 g/mol. The Kier molecular flexibility index (Phi) is 5.76. The summed E-state index contributed by atoms with van der Waals surface area (Å²) in [5.41, 5.74) is 4.68. The highest BCUT2D eigenvalue weighted by Gasteiger charge is 2.14. The Morgan fingerprint density at radius 3 is 2.44 bits per heavy atom. The lowest BCUT2D eigenvalue weighted by atomic mass is 10.1. The topological polar surface area (TPSA) is 71.0 Å². The summed E-state index contributed by atoms with van der Waals surface area (Å²) >= 11 is 0. The van der Waals surface area contributed by atoms with Gasteiger partial charge in [-0.25, -0.2) is 9.97 Å². The Bertz CT molecular complexity index is 907. The second kappa shape index (κ2) is 8.40. The van der Waals surface area contributed by atoms with Gasteiger partial charge in [-0.3, -0.25) is 9.78 Å². The molecule has 138 valence electrons. The van der Waals surface area contributed by atoms with Gasteiger partial charge in [-0.2, -0.15) is 0 Å². The van der Waals surface area contributed by atoms with Crippen molar-refractivity contribution in [3.05, 3.63) is 77.4 Å². The van der Waals surface area contributed by atoms with E-state index < -0.39 is 0 Å². The summed E-state index contributed by atoms with van der Waals surface area (Å²) in [5.74, 6) is 0.289. The second-order valence-electron chi connectivity index (χ2n) is 6.49. The minimum Gasteiger partial charge on any atom is -0.340 e. The average Bonchev–Trinajstić information content (AvgIpc) is 2.69. The number of amides is 1. The van der Waals surface area contributed by atoms with Crippen LogP contribution in [0.2, 0.25) is 0 Å². The lowest BCUT2D eigenvalue weighted by Gasteiger charge is -2.17. The number of nitrogens with zero attached hydrogens (tertiary/aromatic N) is 4. The lowest BCUT2D eigenvalue weighted by Crippen LogP contribution is -2.29. The normalized spacial score (nSPS) is 10.5. The zero-order chi connectivity index (χ0) is 19.2. The third-order valence-corrected chi connectivity index (χ3v) is 4.42. The van der Waals surface area contributed by atoms with E-state index in [9.17, 15) is 4.79 Å². The maximum absolute atomic E-state index is 12.7. The van der Waals surface area contributed by atoms with E-state index in [4.69, 9.17) is 0 Å². The van der Waals surface area contributed by atoms with Crippen LogP contribution >= 0.6 is 0 Å². The van der Waals surface area contributed by atoms with Crippen LogP contribution in [0.4, 0.5) is 11.6 Å². The van der Waals surface area contributed by atoms with E-state index in [-0.39, 0.29) is 5.91 Å². The van der Waals surface area contributed by atoms with Gasteiger partial charge in [0.15, 0.2) is 0 Å². The molecule has 1 amide bonds. The van der Waals surface area contributed by atoms with Crippen molar-refractivity contribution in [3.63, 3.8) is 0 Å². The number of likely N-dealkylation sites (N-methyl/N-ethyl adjacent to an activating group) is 1. The SMILES string of the molecule is Cc1cccc(C)c1Nc1nccc(C(=O)N(C)CCc2ccncc2)n1. The van der Waals surface area contributed by atoms with Crippen LogP contribution in [-0.4, -0.2) is 39.4 Å². The number of aromatic nitrogens is 3. The standard InChI is InChI=1S/C21H23N5O/c1-15-5-4-6-16(2)19(15)25-21-23-13-9-18(24-21)20(27)26(3)14-10-17-7-11-22-12-8-17/h4-9,11-13H,10,14H2,1-3H3,(H,23,24,25). The maximum Gasteiger partial charge on any atom is 0.272 e. The molecule has 0 unspecified atom stereocenters. The van der Waals surface area contributed by atoms with Crippen LogP contribution < -0.4 is 5.32 Å². The number of hydrogen-bond donors (Lipinski definition) is 1. The highest BCUT2D eigenvalue weighted by molar-refractivity contribution is 5.92. The Hall–Kier alpha value is -3.28. The van der Waals surface area contributed by atoms with E-state index in [1.165, 1.54) is 0 Å². The zero-order valence-corrected chi connectivity index (χ0v) is 15.8. The molecule has 0 saturated carbocycles. The van der Waals surface area contributed by atoms with Crippen LogP contribution in [0.25, 0.3) is 0 Å². The van der Waals surface area contributed by atoms with E-state index in [0.717, 1.165) is 28.8 Å². The quantitative estimate of drug-likeness (QED) is 0.727. The molecular weight excluding hydrogens is 338 g/mol. The molecule has 6 nitrogen and oxygen atoms in total. The molecule has 27 heavy (non-hydrogen) atoms. The molecule has 3 rings (SSSR count). The number of nitrogens with one attached hydrogen (secondary N) is 1. The molecule has 0 aliphatic heterocycles. The summed E-state index contributed by atoms with van der Waals surface area (Å²) in [6.07, 6.45) is 5.89. The van der Waals surface area contributed by atoms with Gasteiger partial charge in [-0.1, -0.05) is 18.2 Å². The molecule has 1 N–H and O–H groups in total. The predicted octanol–water partition coefficient (Wildman–Crippen LogP) is 3.55. The summed E-state index contributed by atoms with van der Waals surface area (Å²) in [4.78, 5) is 27.0. The van der Waals surface area contributed by atoms with Gasteiger partial charge >= 0.3 is 0 Å². The second-order valence-corrected chi connectivity index (χ2v) is 6.49. The molecule has 2 heterocycles. The van der Waals surface area contributed by atoms with Gasteiger partial charge in [0, 0.05) is 37.9 Å². The molecule has 3 aromatic rings. The van der Waals surface area contributed by atoms with Gasteiger partial charge in [0.2, 0.25) is 5.95 Å². The Balaban J connectivity index is 1.69. The van der Waals surface area contributed by atoms with Crippen molar-refractivity contribution >= 4 is 17.5 Å². The summed E-state index contributed by atoms with van der Waals surface area (Å²) in [7, 11) is 1.78. The molecule has 0 saturated heterocycles. The fraction of sp³-hybridized carbons (Fsp3) is 0.238.